The average molecular weight is 379 g/mol. The van der Waals surface area contributed by atoms with Crippen molar-refractivity contribution in [2.45, 2.75) is 13.0 Å². The molecule has 1 N–H and O–H groups in total. The van der Waals surface area contributed by atoms with E-state index in [9.17, 15) is 14.0 Å². The highest BCUT2D eigenvalue weighted by Crippen LogP contribution is 2.19. The van der Waals surface area contributed by atoms with Crippen molar-refractivity contribution in [3.05, 3.63) is 82.3 Å². The van der Waals surface area contributed by atoms with E-state index in [0.717, 1.165) is 6.07 Å². The van der Waals surface area contributed by atoms with Gasteiger partial charge in [-0.3, -0.25) is 9.59 Å². The van der Waals surface area contributed by atoms with Crippen molar-refractivity contribution in [3.8, 4) is 11.4 Å². The van der Waals surface area contributed by atoms with Crippen LogP contribution in [0.2, 0.25) is 0 Å². The molecule has 140 valence electrons. The van der Waals surface area contributed by atoms with E-state index in [4.69, 9.17) is 8.94 Å². The van der Waals surface area contributed by atoms with Gasteiger partial charge in [-0.05, 0) is 43.3 Å². The van der Waals surface area contributed by atoms with Crippen LogP contribution >= 0.6 is 0 Å². The summed E-state index contributed by atoms with van der Waals surface area (Å²) in [6.07, 6.45) is 0. The van der Waals surface area contributed by atoms with Gasteiger partial charge in [0, 0.05) is 11.6 Å². The van der Waals surface area contributed by atoms with Gasteiger partial charge in [0.15, 0.2) is 11.2 Å². The van der Waals surface area contributed by atoms with Crippen LogP contribution in [0.15, 0.2) is 68.3 Å². The smallest absolute Gasteiger partial charge is 0.287 e. The van der Waals surface area contributed by atoms with E-state index in [1.165, 1.54) is 24.3 Å². The summed E-state index contributed by atoms with van der Waals surface area (Å²) in [5.74, 6) is -0.639. The SMILES string of the molecule is C[C@H](NC(=O)c1cc(=O)c2ccccc2o1)c1nc(-c2ccc(F)cc2)no1. The Hall–Kier alpha value is -3.81. The maximum Gasteiger partial charge on any atom is 0.287 e. The molecule has 0 spiro atoms. The maximum absolute atomic E-state index is 13.0. The molecule has 1 atom stereocenters. The molecule has 0 unspecified atom stereocenters. The van der Waals surface area contributed by atoms with Crippen LogP contribution < -0.4 is 10.7 Å². The van der Waals surface area contributed by atoms with Crippen LogP contribution in [0.25, 0.3) is 22.4 Å². The number of carbonyl (C=O) groups is 1. The van der Waals surface area contributed by atoms with E-state index in [2.05, 4.69) is 15.5 Å². The van der Waals surface area contributed by atoms with Crippen LogP contribution in [-0.4, -0.2) is 16.0 Å². The van der Waals surface area contributed by atoms with Crippen LogP contribution in [-0.2, 0) is 0 Å². The molecule has 28 heavy (non-hydrogen) atoms. The number of carbonyl (C=O) groups excluding carboxylic acids is 1. The van der Waals surface area contributed by atoms with Crippen LogP contribution in [0.3, 0.4) is 0 Å². The first-order chi connectivity index (χ1) is 13.5. The van der Waals surface area contributed by atoms with E-state index < -0.39 is 11.9 Å². The molecule has 0 aliphatic carbocycles. The third-order valence-corrected chi connectivity index (χ3v) is 4.12. The van der Waals surface area contributed by atoms with Crippen LogP contribution in [0.5, 0.6) is 0 Å². The Morgan fingerprint density at radius 2 is 1.89 bits per heavy atom. The molecule has 8 heteroatoms. The van der Waals surface area contributed by atoms with E-state index in [1.807, 2.05) is 0 Å². The molecule has 2 aromatic carbocycles. The molecule has 7 nitrogen and oxygen atoms in total. The van der Waals surface area contributed by atoms with Crippen LogP contribution in [0.4, 0.5) is 4.39 Å². The van der Waals surface area contributed by atoms with Gasteiger partial charge in [-0.25, -0.2) is 4.39 Å². The first-order valence-electron chi connectivity index (χ1n) is 8.44. The molecule has 0 fully saturated rings. The lowest BCUT2D eigenvalue weighted by Gasteiger charge is -2.09. The molecule has 4 rings (SSSR count). The second-order valence-electron chi connectivity index (χ2n) is 6.13. The molecule has 0 aliphatic heterocycles. The Morgan fingerprint density at radius 1 is 1.14 bits per heavy atom. The lowest BCUT2D eigenvalue weighted by molar-refractivity contribution is 0.0905. The van der Waals surface area contributed by atoms with Gasteiger partial charge in [0.1, 0.15) is 17.4 Å². The van der Waals surface area contributed by atoms with Gasteiger partial charge < -0.3 is 14.3 Å². The topological polar surface area (TPSA) is 98.2 Å². The molecule has 0 bridgehead atoms. The maximum atomic E-state index is 13.0. The standard InChI is InChI=1S/C20H14FN3O4/c1-11(20-23-18(24-28-20)12-6-8-13(21)9-7-12)22-19(26)17-10-15(25)14-4-2-3-5-16(14)27-17/h2-11H,1H3,(H,22,26)/t11-/m0/s1. The summed E-state index contributed by atoms with van der Waals surface area (Å²) in [5, 5.41) is 6.89. The molecule has 2 heterocycles. The number of hydrogen-bond donors (Lipinski definition) is 1. The number of aromatic nitrogens is 2. The summed E-state index contributed by atoms with van der Waals surface area (Å²) in [6.45, 7) is 1.65. The zero-order chi connectivity index (χ0) is 19.7. The van der Waals surface area contributed by atoms with Crippen molar-refractivity contribution in [2.75, 3.05) is 0 Å². The van der Waals surface area contributed by atoms with Crippen molar-refractivity contribution < 1.29 is 18.1 Å². The molecule has 0 aliphatic rings. The van der Waals surface area contributed by atoms with Crippen molar-refractivity contribution in [1.82, 2.24) is 15.5 Å². The minimum Gasteiger partial charge on any atom is -0.451 e. The highest BCUT2D eigenvalue weighted by Gasteiger charge is 2.20. The molecule has 1 amide bonds. The fourth-order valence-electron chi connectivity index (χ4n) is 2.67. The first-order valence-corrected chi connectivity index (χ1v) is 8.44. The zero-order valence-corrected chi connectivity index (χ0v) is 14.7. The summed E-state index contributed by atoms with van der Waals surface area (Å²) in [4.78, 5) is 28.8. The van der Waals surface area contributed by atoms with Gasteiger partial charge in [0.05, 0.1) is 5.39 Å². The predicted molar refractivity (Wildman–Crippen MR) is 98.1 cm³/mol. The Kier molecular flexibility index (Phi) is 4.44. The number of rotatable bonds is 4. The summed E-state index contributed by atoms with van der Waals surface area (Å²) in [6, 6.07) is 12.8. The highest BCUT2D eigenvalue weighted by molar-refractivity contribution is 5.93. The second-order valence-corrected chi connectivity index (χ2v) is 6.13. The molecule has 0 saturated carbocycles. The predicted octanol–water partition coefficient (Wildman–Crippen LogP) is 3.47. The largest absolute Gasteiger partial charge is 0.451 e. The quantitative estimate of drug-likeness (QED) is 0.583. The van der Waals surface area contributed by atoms with Gasteiger partial charge >= 0.3 is 0 Å². The molecular weight excluding hydrogens is 365 g/mol. The average Bonchev–Trinajstić information content (AvgIpc) is 3.19. The Balaban J connectivity index is 1.54. The third kappa shape index (κ3) is 3.39. The van der Waals surface area contributed by atoms with E-state index >= 15 is 0 Å². The van der Waals surface area contributed by atoms with Gasteiger partial charge in [0.25, 0.3) is 5.91 Å². The monoisotopic (exact) mass is 379 g/mol. The summed E-state index contributed by atoms with van der Waals surface area (Å²) < 4.78 is 23.7. The van der Waals surface area contributed by atoms with Gasteiger partial charge in [-0.2, -0.15) is 4.98 Å². The van der Waals surface area contributed by atoms with Gasteiger partial charge in [0.2, 0.25) is 11.7 Å². The highest BCUT2D eigenvalue weighted by atomic mass is 19.1. The van der Waals surface area contributed by atoms with E-state index in [1.54, 1.807) is 31.2 Å². The summed E-state index contributed by atoms with van der Waals surface area (Å²) >= 11 is 0. The first kappa shape index (κ1) is 17.6. The number of fused-ring (bicyclic) bond motifs is 1. The molecule has 4 aromatic rings. The Labute approximate surface area is 157 Å². The summed E-state index contributed by atoms with van der Waals surface area (Å²) in [5.41, 5.74) is 0.593. The Morgan fingerprint density at radius 3 is 2.68 bits per heavy atom. The number of benzene rings is 2. The van der Waals surface area contributed by atoms with Gasteiger partial charge in [-0.15, -0.1) is 0 Å². The number of para-hydroxylation sites is 1. The lowest BCUT2D eigenvalue weighted by atomic mass is 10.2. The molecule has 2 aromatic heterocycles. The normalized spacial score (nSPS) is 12.1. The van der Waals surface area contributed by atoms with E-state index in [0.29, 0.717) is 16.5 Å². The zero-order valence-electron chi connectivity index (χ0n) is 14.7. The second kappa shape index (κ2) is 7.07. The number of halogens is 1. The van der Waals surface area contributed by atoms with Crippen molar-refractivity contribution >= 4 is 16.9 Å². The van der Waals surface area contributed by atoms with Crippen molar-refractivity contribution in [3.63, 3.8) is 0 Å². The number of nitrogens with one attached hydrogen (secondary N) is 1. The minimum absolute atomic E-state index is 0.117. The molecule has 0 saturated heterocycles. The fraction of sp³-hybridized carbons (Fsp3) is 0.100. The van der Waals surface area contributed by atoms with Crippen LogP contribution in [0.1, 0.15) is 29.4 Å². The van der Waals surface area contributed by atoms with E-state index in [-0.39, 0.29) is 28.7 Å². The molecular formula is C20H14FN3O4. The fourth-order valence-corrected chi connectivity index (χ4v) is 2.67. The lowest BCUT2D eigenvalue weighted by Crippen LogP contribution is -2.27. The minimum atomic E-state index is -0.633. The third-order valence-electron chi connectivity index (χ3n) is 4.12. The summed E-state index contributed by atoms with van der Waals surface area (Å²) in [7, 11) is 0. The van der Waals surface area contributed by atoms with Crippen molar-refractivity contribution in [2.24, 2.45) is 0 Å². The van der Waals surface area contributed by atoms with Crippen molar-refractivity contribution in [1.29, 1.82) is 0 Å². The van der Waals surface area contributed by atoms with Crippen LogP contribution in [0, 0.1) is 5.82 Å². The number of amides is 1. The number of hydrogen-bond acceptors (Lipinski definition) is 6. The van der Waals surface area contributed by atoms with Gasteiger partial charge in [-0.1, -0.05) is 17.3 Å². The number of nitrogens with zero attached hydrogens (tertiary/aromatic N) is 2. The molecule has 0 radical (unpaired) electrons. The Bertz CT molecular complexity index is 1210.